The molecule has 6 rings (SSSR count). The van der Waals surface area contributed by atoms with Gasteiger partial charge in [-0.1, -0.05) is 11.6 Å². The van der Waals surface area contributed by atoms with E-state index in [2.05, 4.69) is 10.3 Å². The maximum absolute atomic E-state index is 12.5. The van der Waals surface area contributed by atoms with Crippen molar-refractivity contribution in [3.05, 3.63) is 47.0 Å². The van der Waals surface area contributed by atoms with Crippen LogP contribution >= 0.6 is 11.6 Å². The maximum atomic E-state index is 12.5. The van der Waals surface area contributed by atoms with E-state index in [1.54, 1.807) is 12.1 Å². The number of aromatic nitrogens is 1. The molecule has 0 bridgehead atoms. The lowest BCUT2D eigenvalue weighted by atomic mass is 9.50. The lowest BCUT2D eigenvalue weighted by Gasteiger charge is -2.57. The summed E-state index contributed by atoms with van der Waals surface area (Å²) in [5, 5.41) is 4.12. The Hall–Kier alpha value is -2.12. The van der Waals surface area contributed by atoms with Crippen LogP contribution < -0.4 is 5.32 Å². The van der Waals surface area contributed by atoms with Crippen molar-refractivity contribution in [1.82, 2.24) is 10.3 Å². The fraction of sp³-hybridized carbons (Fsp3) is 0.478. The van der Waals surface area contributed by atoms with Gasteiger partial charge in [0.2, 0.25) is 0 Å². The zero-order valence-electron chi connectivity index (χ0n) is 16.9. The summed E-state index contributed by atoms with van der Waals surface area (Å²) in [6.07, 6.45) is 6.27. The number of halogens is 1. The maximum Gasteiger partial charge on any atom is 0.287 e. The summed E-state index contributed by atoms with van der Waals surface area (Å²) in [4.78, 5) is 17.1. The molecule has 1 N–H and O–H groups in total. The van der Waals surface area contributed by atoms with Crippen molar-refractivity contribution in [2.24, 2.45) is 11.3 Å². The molecule has 1 amide bonds. The Balaban J connectivity index is 1.01. The van der Waals surface area contributed by atoms with Crippen LogP contribution in [-0.4, -0.2) is 26.9 Å². The minimum Gasteiger partial charge on any atom is -0.442 e. The number of fused-ring (bicyclic) bond motifs is 1. The number of carbonyl (C=O) groups is 1. The summed E-state index contributed by atoms with van der Waals surface area (Å²) in [5.41, 5.74) is 1.86. The smallest absolute Gasteiger partial charge is 0.287 e. The van der Waals surface area contributed by atoms with Crippen molar-refractivity contribution in [3.8, 4) is 0 Å². The van der Waals surface area contributed by atoms with Gasteiger partial charge in [-0.15, -0.1) is 0 Å². The fourth-order valence-electron chi connectivity index (χ4n) is 5.08. The second kappa shape index (κ2) is 7.20. The number of benzene rings is 1. The summed E-state index contributed by atoms with van der Waals surface area (Å²) >= 11 is 6.04. The van der Waals surface area contributed by atoms with Gasteiger partial charge >= 0.3 is 0 Å². The van der Waals surface area contributed by atoms with E-state index in [0.29, 0.717) is 27.7 Å². The molecule has 31 heavy (non-hydrogen) atoms. The molecule has 162 valence electrons. The van der Waals surface area contributed by atoms with Crippen LogP contribution in [-0.2, 0) is 10.8 Å². The van der Waals surface area contributed by atoms with Crippen molar-refractivity contribution in [3.63, 3.8) is 0 Å². The zero-order valence-corrected chi connectivity index (χ0v) is 18.5. The normalized spacial score (nSPS) is 28.3. The molecule has 8 heteroatoms. The Morgan fingerprint density at radius 2 is 1.97 bits per heavy atom. The van der Waals surface area contributed by atoms with E-state index < -0.39 is 10.8 Å². The highest BCUT2D eigenvalue weighted by molar-refractivity contribution is 7.84. The molecule has 1 atom stereocenters. The Bertz CT molecular complexity index is 1180. The molecule has 3 aliphatic carbocycles. The van der Waals surface area contributed by atoms with Crippen molar-refractivity contribution >= 4 is 39.4 Å². The molecule has 1 unspecified atom stereocenters. The zero-order chi connectivity index (χ0) is 21.2. The first-order chi connectivity index (χ1) is 15.0. The van der Waals surface area contributed by atoms with E-state index in [4.69, 9.17) is 20.4 Å². The largest absolute Gasteiger partial charge is 0.442 e. The lowest BCUT2D eigenvalue weighted by molar-refractivity contribution is -0.0256. The van der Waals surface area contributed by atoms with Crippen LogP contribution in [0.3, 0.4) is 0 Å². The van der Waals surface area contributed by atoms with Gasteiger partial charge in [-0.25, -0.2) is 4.98 Å². The number of nitrogens with zero attached hydrogens (tertiary/aromatic N) is 1. The van der Waals surface area contributed by atoms with E-state index in [1.807, 2.05) is 18.2 Å². The highest BCUT2D eigenvalue weighted by Crippen LogP contribution is 2.61. The quantitative estimate of drug-likeness (QED) is 0.558. The number of amides is 1. The molecule has 1 spiro atoms. The van der Waals surface area contributed by atoms with Gasteiger partial charge in [0.05, 0.1) is 10.8 Å². The van der Waals surface area contributed by atoms with Gasteiger partial charge in [0.15, 0.2) is 22.3 Å². The molecule has 3 aromatic rings. The van der Waals surface area contributed by atoms with E-state index >= 15 is 0 Å². The second-order valence-electron chi connectivity index (χ2n) is 9.42. The minimum atomic E-state index is -1.15. The van der Waals surface area contributed by atoms with Crippen LogP contribution in [0.5, 0.6) is 0 Å². The molecular weight excluding hydrogens is 436 g/mol. The highest BCUT2D eigenvalue weighted by Gasteiger charge is 2.54. The first-order valence-corrected chi connectivity index (χ1v) is 12.5. The Morgan fingerprint density at radius 3 is 2.74 bits per heavy atom. The van der Waals surface area contributed by atoms with Gasteiger partial charge in [0, 0.05) is 22.7 Å². The molecule has 1 aromatic carbocycles. The van der Waals surface area contributed by atoms with Gasteiger partial charge in [-0.05, 0) is 80.2 Å². The van der Waals surface area contributed by atoms with Crippen LogP contribution in [0.2, 0.25) is 5.02 Å². The number of nitrogens with one attached hydrogen (secondary N) is 1. The molecule has 3 saturated carbocycles. The van der Waals surface area contributed by atoms with Crippen LogP contribution in [0.1, 0.15) is 60.9 Å². The number of furan rings is 1. The molecule has 2 heterocycles. The number of hydrogen-bond donors (Lipinski definition) is 1. The predicted molar refractivity (Wildman–Crippen MR) is 117 cm³/mol. The first kappa shape index (κ1) is 19.6. The van der Waals surface area contributed by atoms with Crippen molar-refractivity contribution in [2.45, 2.75) is 55.6 Å². The summed E-state index contributed by atoms with van der Waals surface area (Å²) in [7, 11) is -1.15. The number of hydrogen-bond acceptors (Lipinski definition) is 5. The lowest BCUT2D eigenvalue weighted by Crippen LogP contribution is -2.55. The number of rotatable bonds is 6. The molecule has 3 fully saturated rings. The third-order valence-electron chi connectivity index (χ3n) is 6.88. The van der Waals surface area contributed by atoms with E-state index in [0.717, 1.165) is 55.5 Å². The SMILES string of the molecule is O=C(NC1CC2(C1)CC(c1nc3cc(Cl)ccc3o1)C2)c1ccc(S(=O)CC2CC2)o1. The van der Waals surface area contributed by atoms with Crippen molar-refractivity contribution in [2.75, 3.05) is 5.75 Å². The standard InChI is InChI=1S/C23H23ClN2O4S/c24-15-3-4-18-17(7-15)26-22(30-18)14-8-23(9-14)10-16(11-23)25-21(27)19-5-6-20(29-19)31(28)12-13-1-2-13/h3-7,13-14,16H,1-2,8-12H2,(H,25,27). The van der Waals surface area contributed by atoms with E-state index in [9.17, 15) is 9.00 Å². The monoisotopic (exact) mass is 458 g/mol. The molecular formula is C23H23ClN2O4S. The molecule has 2 aromatic heterocycles. The van der Waals surface area contributed by atoms with Crippen molar-refractivity contribution < 1.29 is 17.8 Å². The Morgan fingerprint density at radius 1 is 1.16 bits per heavy atom. The predicted octanol–water partition coefficient (Wildman–Crippen LogP) is 5.05. The number of oxazole rings is 1. The summed E-state index contributed by atoms with van der Waals surface area (Å²) in [6.45, 7) is 0. The summed E-state index contributed by atoms with van der Waals surface area (Å²) in [6, 6.07) is 8.95. The number of carbonyl (C=O) groups excluding carboxylic acids is 1. The van der Waals surface area contributed by atoms with Crippen molar-refractivity contribution in [1.29, 1.82) is 0 Å². The topological polar surface area (TPSA) is 85.3 Å². The van der Waals surface area contributed by atoms with E-state index in [-0.39, 0.29) is 23.1 Å². The Labute approximate surface area is 187 Å². The summed E-state index contributed by atoms with van der Waals surface area (Å²) in [5.74, 6) is 2.33. The van der Waals surface area contributed by atoms with Gasteiger partial charge < -0.3 is 14.2 Å². The van der Waals surface area contributed by atoms with Gasteiger partial charge in [0.25, 0.3) is 5.91 Å². The summed E-state index contributed by atoms with van der Waals surface area (Å²) < 4.78 is 23.7. The van der Waals surface area contributed by atoms with Crippen LogP contribution in [0.25, 0.3) is 11.1 Å². The van der Waals surface area contributed by atoms with Crippen LogP contribution in [0.15, 0.2) is 44.3 Å². The third kappa shape index (κ3) is 3.72. The molecule has 0 radical (unpaired) electrons. The average Bonchev–Trinajstić information content (AvgIpc) is 3.20. The van der Waals surface area contributed by atoms with Gasteiger partial charge in [0.1, 0.15) is 5.52 Å². The molecule has 0 aliphatic heterocycles. The first-order valence-electron chi connectivity index (χ1n) is 10.8. The minimum absolute atomic E-state index is 0.154. The van der Waals surface area contributed by atoms with Gasteiger partial charge in [-0.2, -0.15) is 0 Å². The molecule has 0 saturated heterocycles. The van der Waals surface area contributed by atoms with E-state index in [1.165, 1.54) is 0 Å². The average molecular weight is 459 g/mol. The Kier molecular flexibility index (Phi) is 4.54. The fourth-order valence-corrected chi connectivity index (χ4v) is 6.57. The van der Waals surface area contributed by atoms with Crippen LogP contribution in [0.4, 0.5) is 0 Å². The molecule has 6 nitrogen and oxygen atoms in total. The highest BCUT2D eigenvalue weighted by atomic mass is 35.5. The molecule has 3 aliphatic rings. The second-order valence-corrected chi connectivity index (χ2v) is 11.3. The van der Waals surface area contributed by atoms with Gasteiger partial charge in [-0.3, -0.25) is 9.00 Å². The third-order valence-corrected chi connectivity index (χ3v) is 8.56. The van der Waals surface area contributed by atoms with Crippen LogP contribution in [0, 0.1) is 11.3 Å².